The third kappa shape index (κ3) is 4.74. The highest BCUT2D eigenvalue weighted by Crippen LogP contribution is 2.22. The molecule has 2 aliphatic rings. The van der Waals surface area contributed by atoms with Gasteiger partial charge < -0.3 is 19.3 Å². The molecule has 1 aromatic carbocycles. The summed E-state index contributed by atoms with van der Waals surface area (Å²) < 4.78 is 24.5. The minimum absolute atomic E-state index is 0.101. The van der Waals surface area contributed by atoms with E-state index in [1.807, 2.05) is 4.90 Å². The van der Waals surface area contributed by atoms with E-state index in [-0.39, 0.29) is 17.7 Å². The van der Waals surface area contributed by atoms with Crippen molar-refractivity contribution in [1.82, 2.24) is 9.80 Å². The molecule has 2 heterocycles. The Morgan fingerprint density at radius 1 is 1.27 bits per heavy atom. The number of amides is 1. The molecule has 2 saturated heterocycles. The number of likely N-dealkylation sites (tertiary alicyclic amines) is 1. The highest BCUT2D eigenvalue weighted by Gasteiger charge is 2.27. The molecule has 0 N–H and O–H groups in total. The van der Waals surface area contributed by atoms with E-state index in [1.165, 1.54) is 38.5 Å². The van der Waals surface area contributed by atoms with Gasteiger partial charge in [0.1, 0.15) is 0 Å². The molecule has 0 spiro atoms. The van der Waals surface area contributed by atoms with E-state index in [9.17, 15) is 9.18 Å². The third-order valence-electron chi connectivity index (χ3n) is 5.40. The average molecular weight is 364 g/mol. The molecule has 3 rings (SSSR count). The van der Waals surface area contributed by atoms with Crippen LogP contribution in [0, 0.1) is 5.82 Å². The van der Waals surface area contributed by atoms with Crippen LogP contribution < -0.4 is 4.74 Å². The molecule has 0 unspecified atom stereocenters. The number of benzene rings is 1. The van der Waals surface area contributed by atoms with Crippen LogP contribution in [0.5, 0.6) is 5.75 Å². The van der Waals surface area contributed by atoms with Gasteiger partial charge in [-0.2, -0.15) is 0 Å². The van der Waals surface area contributed by atoms with E-state index in [2.05, 4.69) is 4.90 Å². The summed E-state index contributed by atoms with van der Waals surface area (Å²) in [5.74, 6) is -0.441. The first-order valence-electron chi connectivity index (χ1n) is 9.63. The molecule has 5 nitrogen and oxygen atoms in total. The van der Waals surface area contributed by atoms with Crippen LogP contribution in [-0.4, -0.2) is 68.3 Å². The van der Waals surface area contributed by atoms with Gasteiger partial charge in [-0.3, -0.25) is 4.79 Å². The van der Waals surface area contributed by atoms with Gasteiger partial charge in [0.25, 0.3) is 5.91 Å². The van der Waals surface area contributed by atoms with Gasteiger partial charge in [0.15, 0.2) is 11.6 Å². The van der Waals surface area contributed by atoms with Crippen molar-refractivity contribution in [3.8, 4) is 5.75 Å². The second-order valence-corrected chi connectivity index (χ2v) is 7.09. The first-order chi connectivity index (χ1) is 12.7. The second kappa shape index (κ2) is 9.33. The zero-order valence-electron chi connectivity index (χ0n) is 15.6. The van der Waals surface area contributed by atoms with Crippen molar-refractivity contribution in [2.45, 2.75) is 38.1 Å². The van der Waals surface area contributed by atoms with Crippen molar-refractivity contribution in [2.24, 2.45) is 0 Å². The van der Waals surface area contributed by atoms with Crippen LogP contribution in [0.3, 0.4) is 0 Å². The van der Waals surface area contributed by atoms with Gasteiger partial charge in [-0.15, -0.1) is 0 Å². The summed E-state index contributed by atoms with van der Waals surface area (Å²) in [5.41, 5.74) is 0.383. The molecule has 2 fully saturated rings. The Morgan fingerprint density at radius 2 is 2.00 bits per heavy atom. The van der Waals surface area contributed by atoms with E-state index in [0.717, 1.165) is 32.5 Å². The summed E-state index contributed by atoms with van der Waals surface area (Å²) in [6.45, 7) is 5.11. The van der Waals surface area contributed by atoms with E-state index in [4.69, 9.17) is 9.47 Å². The molecular formula is C20H29FN2O3. The summed E-state index contributed by atoms with van der Waals surface area (Å²) in [6, 6.07) is 4.62. The quantitative estimate of drug-likeness (QED) is 0.778. The number of piperidine rings is 1. The van der Waals surface area contributed by atoms with Crippen molar-refractivity contribution in [2.75, 3.05) is 46.5 Å². The van der Waals surface area contributed by atoms with Gasteiger partial charge in [-0.05, 0) is 57.0 Å². The van der Waals surface area contributed by atoms with Crippen LogP contribution in [0.4, 0.5) is 4.39 Å². The third-order valence-corrected chi connectivity index (χ3v) is 5.40. The summed E-state index contributed by atoms with van der Waals surface area (Å²) >= 11 is 0. The lowest BCUT2D eigenvalue weighted by molar-refractivity contribution is 0.0258. The Labute approximate surface area is 155 Å². The normalized spacial score (nSPS) is 19.3. The Kier molecular flexibility index (Phi) is 6.86. The second-order valence-electron chi connectivity index (χ2n) is 7.09. The molecule has 0 saturated carbocycles. The lowest BCUT2D eigenvalue weighted by Gasteiger charge is -2.36. The van der Waals surface area contributed by atoms with E-state index in [1.54, 1.807) is 6.07 Å². The first-order valence-corrected chi connectivity index (χ1v) is 9.63. The predicted octanol–water partition coefficient (Wildman–Crippen LogP) is 2.94. The number of rotatable bonds is 6. The molecule has 0 aliphatic carbocycles. The number of carbonyl (C=O) groups is 1. The smallest absolute Gasteiger partial charge is 0.254 e. The van der Waals surface area contributed by atoms with Crippen molar-refractivity contribution in [3.05, 3.63) is 29.6 Å². The highest BCUT2D eigenvalue weighted by molar-refractivity contribution is 5.94. The number of nitrogens with zero attached hydrogens (tertiary/aromatic N) is 2. The highest BCUT2D eigenvalue weighted by atomic mass is 19.1. The predicted molar refractivity (Wildman–Crippen MR) is 98.1 cm³/mol. The molecule has 1 amide bonds. The molecular weight excluding hydrogens is 335 g/mol. The fraction of sp³-hybridized carbons (Fsp3) is 0.650. The van der Waals surface area contributed by atoms with Crippen molar-refractivity contribution in [1.29, 1.82) is 0 Å². The van der Waals surface area contributed by atoms with E-state index in [0.29, 0.717) is 25.3 Å². The topological polar surface area (TPSA) is 42.0 Å². The van der Waals surface area contributed by atoms with E-state index < -0.39 is 5.82 Å². The lowest BCUT2D eigenvalue weighted by atomic mass is 10.0. The summed E-state index contributed by atoms with van der Waals surface area (Å²) in [7, 11) is 1.42. The Morgan fingerprint density at radius 3 is 2.65 bits per heavy atom. The number of carbonyl (C=O) groups excluding carboxylic acids is 1. The van der Waals surface area contributed by atoms with Gasteiger partial charge in [0, 0.05) is 37.9 Å². The van der Waals surface area contributed by atoms with Crippen molar-refractivity contribution in [3.63, 3.8) is 0 Å². The standard InChI is InChI=1S/C20H29FN2O3/c1-25-19-6-5-16(15-18(19)21)20(24)23(17-7-13-26-14-8-17)12-11-22-9-3-2-4-10-22/h5-6,15,17H,2-4,7-14H2,1H3. The van der Waals surface area contributed by atoms with Crippen LogP contribution in [-0.2, 0) is 4.74 Å². The monoisotopic (exact) mass is 364 g/mol. The fourth-order valence-electron chi connectivity index (χ4n) is 3.84. The minimum Gasteiger partial charge on any atom is -0.494 e. The van der Waals surface area contributed by atoms with Crippen molar-refractivity contribution < 1.29 is 18.7 Å². The molecule has 6 heteroatoms. The van der Waals surface area contributed by atoms with Gasteiger partial charge >= 0.3 is 0 Å². The van der Waals surface area contributed by atoms with Crippen LogP contribution in [0.25, 0.3) is 0 Å². The largest absolute Gasteiger partial charge is 0.494 e. The lowest BCUT2D eigenvalue weighted by Crippen LogP contribution is -2.47. The molecule has 0 radical (unpaired) electrons. The van der Waals surface area contributed by atoms with Crippen LogP contribution in [0.1, 0.15) is 42.5 Å². The summed E-state index contributed by atoms with van der Waals surface area (Å²) in [4.78, 5) is 17.5. The Hall–Kier alpha value is -1.66. The molecule has 1 aromatic rings. The number of hydrogen-bond acceptors (Lipinski definition) is 4. The molecule has 2 aliphatic heterocycles. The number of methoxy groups -OCH3 is 1. The van der Waals surface area contributed by atoms with Crippen molar-refractivity contribution >= 4 is 5.91 Å². The average Bonchev–Trinajstić information content (AvgIpc) is 2.69. The maximum absolute atomic E-state index is 14.1. The maximum atomic E-state index is 14.1. The molecule has 26 heavy (non-hydrogen) atoms. The SMILES string of the molecule is COc1ccc(C(=O)N(CCN2CCCCC2)C2CCOCC2)cc1F. The van der Waals surface area contributed by atoms with Gasteiger partial charge in [0.05, 0.1) is 7.11 Å². The van der Waals surface area contributed by atoms with Crippen LogP contribution in [0.15, 0.2) is 18.2 Å². The number of hydrogen-bond donors (Lipinski definition) is 0. The Bertz CT molecular complexity index is 599. The van der Waals surface area contributed by atoms with Crippen LogP contribution >= 0.6 is 0 Å². The Balaban J connectivity index is 1.72. The zero-order chi connectivity index (χ0) is 18.4. The van der Waals surface area contributed by atoms with E-state index >= 15 is 0 Å². The van der Waals surface area contributed by atoms with Gasteiger partial charge in [0.2, 0.25) is 0 Å². The minimum atomic E-state index is -0.499. The summed E-state index contributed by atoms with van der Waals surface area (Å²) in [6.07, 6.45) is 5.43. The molecule has 0 aromatic heterocycles. The zero-order valence-corrected chi connectivity index (χ0v) is 15.6. The molecule has 0 bridgehead atoms. The van der Waals surface area contributed by atoms with Gasteiger partial charge in [-0.1, -0.05) is 6.42 Å². The fourth-order valence-corrected chi connectivity index (χ4v) is 3.84. The number of halogens is 1. The van der Waals surface area contributed by atoms with Gasteiger partial charge in [-0.25, -0.2) is 4.39 Å². The molecule has 0 atom stereocenters. The van der Waals surface area contributed by atoms with Crippen LogP contribution in [0.2, 0.25) is 0 Å². The molecule has 144 valence electrons. The first kappa shape index (κ1) is 19.1. The number of ether oxygens (including phenoxy) is 2. The summed E-state index contributed by atoms with van der Waals surface area (Å²) in [5, 5.41) is 0. The maximum Gasteiger partial charge on any atom is 0.254 e.